The lowest BCUT2D eigenvalue weighted by molar-refractivity contribution is -0.119. The lowest BCUT2D eigenvalue weighted by atomic mass is 9.98. The van der Waals surface area contributed by atoms with Crippen LogP contribution in [0.1, 0.15) is 45.6 Å². The third-order valence-electron chi connectivity index (χ3n) is 3.68. The maximum Gasteiger partial charge on any atom is 0.228 e. The number of nitrogens with one attached hydrogen (secondary N) is 1. The Bertz CT molecular complexity index is 466. The Hall–Kier alpha value is -1.35. The highest BCUT2D eigenvalue weighted by Gasteiger charge is 2.30. The molecule has 0 spiro atoms. The summed E-state index contributed by atoms with van der Waals surface area (Å²) < 4.78 is 0. The largest absolute Gasteiger partial charge is 0.311 e. The fraction of sp³-hybridized carbons (Fsp3) is 0.562. The van der Waals surface area contributed by atoms with Crippen LogP contribution in [0.25, 0.3) is 0 Å². The summed E-state index contributed by atoms with van der Waals surface area (Å²) in [5.41, 5.74) is 2.20. The van der Waals surface area contributed by atoms with Gasteiger partial charge in [-0.1, -0.05) is 32.0 Å². The third kappa shape index (κ3) is 3.16. The molecule has 1 aliphatic heterocycles. The summed E-state index contributed by atoms with van der Waals surface area (Å²) in [6.07, 6.45) is 0.541. The number of nitrogens with zero attached hydrogens (tertiary/aromatic N) is 1. The van der Waals surface area contributed by atoms with Crippen LogP contribution >= 0.6 is 0 Å². The summed E-state index contributed by atoms with van der Waals surface area (Å²) in [4.78, 5) is 14.4. The Labute approximate surface area is 116 Å². The number of rotatable bonds is 2. The smallest absolute Gasteiger partial charge is 0.228 e. The van der Waals surface area contributed by atoms with Crippen LogP contribution in [0.15, 0.2) is 24.3 Å². The van der Waals surface area contributed by atoms with E-state index in [9.17, 15) is 4.79 Å². The molecule has 1 amide bonds. The monoisotopic (exact) mass is 260 g/mol. The zero-order valence-electron chi connectivity index (χ0n) is 12.4. The molecule has 104 valence electrons. The van der Waals surface area contributed by atoms with Crippen molar-refractivity contribution in [2.45, 2.75) is 45.6 Å². The second-order valence-electron chi connectivity index (χ2n) is 6.25. The van der Waals surface area contributed by atoms with Gasteiger partial charge >= 0.3 is 0 Å². The summed E-state index contributed by atoms with van der Waals surface area (Å²) in [6.45, 7) is 10.1. The molecule has 0 aliphatic carbocycles. The predicted octanol–water partition coefficient (Wildman–Crippen LogP) is 2.91. The van der Waals surface area contributed by atoms with Crippen LogP contribution < -0.4 is 10.2 Å². The molecule has 19 heavy (non-hydrogen) atoms. The highest BCUT2D eigenvalue weighted by atomic mass is 16.2. The van der Waals surface area contributed by atoms with Gasteiger partial charge in [0.25, 0.3) is 0 Å². The Balaban J connectivity index is 2.33. The zero-order valence-corrected chi connectivity index (χ0v) is 12.4. The number of anilines is 1. The van der Waals surface area contributed by atoms with Crippen LogP contribution in [-0.2, 0) is 4.79 Å². The van der Waals surface area contributed by atoms with Gasteiger partial charge in [0, 0.05) is 30.7 Å². The molecule has 1 aliphatic rings. The van der Waals surface area contributed by atoms with Crippen LogP contribution in [0.3, 0.4) is 0 Å². The van der Waals surface area contributed by atoms with Gasteiger partial charge in [0.05, 0.1) is 0 Å². The number of carbonyl (C=O) groups is 1. The SMILES string of the molecule is CC(C)c1ccccc1N1CCNC(C)(C)CC1=O. The minimum absolute atomic E-state index is 0.112. The first-order valence-electron chi connectivity index (χ1n) is 7.05. The molecule has 3 heteroatoms. The molecule has 1 fully saturated rings. The Morgan fingerprint density at radius 2 is 1.95 bits per heavy atom. The maximum atomic E-state index is 12.5. The van der Waals surface area contributed by atoms with Gasteiger partial charge in [0.2, 0.25) is 5.91 Å². The summed E-state index contributed by atoms with van der Waals surface area (Å²) in [7, 11) is 0. The molecule has 1 aromatic rings. The van der Waals surface area contributed by atoms with Crippen molar-refractivity contribution < 1.29 is 4.79 Å². The first kappa shape index (κ1) is 14.1. The van der Waals surface area contributed by atoms with E-state index >= 15 is 0 Å². The van der Waals surface area contributed by atoms with Crippen LogP contribution in [0.5, 0.6) is 0 Å². The lowest BCUT2D eigenvalue weighted by Gasteiger charge is -2.25. The molecule has 0 saturated carbocycles. The molecule has 2 rings (SSSR count). The van der Waals surface area contributed by atoms with E-state index in [2.05, 4.69) is 45.1 Å². The number of benzene rings is 1. The molecule has 0 radical (unpaired) electrons. The predicted molar refractivity (Wildman–Crippen MR) is 79.6 cm³/mol. The fourth-order valence-electron chi connectivity index (χ4n) is 2.64. The molecule has 0 aromatic heterocycles. The average molecular weight is 260 g/mol. The molecule has 0 bridgehead atoms. The molecule has 0 unspecified atom stereocenters. The minimum Gasteiger partial charge on any atom is -0.311 e. The topological polar surface area (TPSA) is 32.3 Å². The van der Waals surface area contributed by atoms with E-state index in [0.29, 0.717) is 12.3 Å². The van der Waals surface area contributed by atoms with Crippen molar-refractivity contribution >= 4 is 11.6 Å². The van der Waals surface area contributed by atoms with E-state index in [0.717, 1.165) is 18.8 Å². The molecule has 0 atom stereocenters. The van der Waals surface area contributed by atoms with Gasteiger partial charge in [0.1, 0.15) is 0 Å². The minimum atomic E-state index is -0.112. The van der Waals surface area contributed by atoms with Gasteiger partial charge in [0.15, 0.2) is 0 Å². The summed E-state index contributed by atoms with van der Waals surface area (Å²) in [6, 6.07) is 8.24. The van der Waals surface area contributed by atoms with E-state index in [1.54, 1.807) is 0 Å². The third-order valence-corrected chi connectivity index (χ3v) is 3.68. The first-order valence-corrected chi connectivity index (χ1v) is 7.05. The normalized spacial score (nSPS) is 19.6. The fourth-order valence-corrected chi connectivity index (χ4v) is 2.64. The van der Waals surface area contributed by atoms with Crippen LogP contribution in [0.4, 0.5) is 5.69 Å². The Kier molecular flexibility index (Phi) is 3.95. The maximum absolute atomic E-state index is 12.5. The van der Waals surface area contributed by atoms with Gasteiger partial charge in [-0.25, -0.2) is 0 Å². The van der Waals surface area contributed by atoms with E-state index in [1.165, 1.54) is 5.56 Å². The molecule has 1 aromatic carbocycles. The Morgan fingerprint density at radius 1 is 1.26 bits per heavy atom. The van der Waals surface area contributed by atoms with Crippen molar-refractivity contribution in [3.05, 3.63) is 29.8 Å². The number of amides is 1. The lowest BCUT2D eigenvalue weighted by Crippen LogP contribution is -2.39. The van der Waals surface area contributed by atoms with E-state index in [4.69, 9.17) is 0 Å². The molecule has 1 heterocycles. The van der Waals surface area contributed by atoms with Gasteiger partial charge in [-0.15, -0.1) is 0 Å². The van der Waals surface area contributed by atoms with Crippen LogP contribution in [0.2, 0.25) is 0 Å². The summed E-state index contributed by atoms with van der Waals surface area (Å²) in [5, 5.41) is 3.44. The molecular formula is C16H24N2O. The van der Waals surface area contributed by atoms with E-state index in [-0.39, 0.29) is 11.4 Å². The highest BCUT2D eigenvalue weighted by Crippen LogP contribution is 2.29. The molecule has 1 N–H and O–H groups in total. The summed E-state index contributed by atoms with van der Waals surface area (Å²) >= 11 is 0. The number of hydrogen-bond donors (Lipinski definition) is 1. The number of hydrogen-bond acceptors (Lipinski definition) is 2. The number of carbonyl (C=O) groups excluding carboxylic acids is 1. The van der Waals surface area contributed by atoms with Crippen molar-refractivity contribution in [1.29, 1.82) is 0 Å². The van der Waals surface area contributed by atoms with E-state index < -0.39 is 0 Å². The Morgan fingerprint density at radius 3 is 2.63 bits per heavy atom. The summed E-state index contributed by atoms with van der Waals surface area (Å²) in [5.74, 6) is 0.635. The second kappa shape index (κ2) is 5.33. The number of para-hydroxylation sites is 1. The average Bonchev–Trinajstić information content (AvgIpc) is 2.46. The molecule has 1 saturated heterocycles. The van der Waals surface area contributed by atoms with Crippen molar-refractivity contribution in [2.24, 2.45) is 0 Å². The quantitative estimate of drug-likeness (QED) is 0.886. The zero-order chi connectivity index (χ0) is 14.0. The van der Waals surface area contributed by atoms with Crippen LogP contribution in [0, 0.1) is 0 Å². The van der Waals surface area contributed by atoms with Gasteiger partial charge in [-0.05, 0) is 31.4 Å². The van der Waals surface area contributed by atoms with Gasteiger partial charge < -0.3 is 10.2 Å². The standard InChI is InChI=1S/C16H24N2O/c1-12(2)13-7-5-6-8-14(13)18-10-9-17-16(3,4)11-15(18)19/h5-8,12,17H,9-11H2,1-4H3. The van der Waals surface area contributed by atoms with Crippen molar-refractivity contribution in [3.8, 4) is 0 Å². The second-order valence-corrected chi connectivity index (χ2v) is 6.25. The molecule has 3 nitrogen and oxygen atoms in total. The van der Waals surface area contributed by atoms with Crippen LogP contribution in [-0.4, -0.2) is 24.5 Å². The first-order chi connectivity index (χ1) is 8.91. The van der Waals surface area contributed by atoms with Gasteiger partial charge in [-0.3, -0.25) is 4.79 Å². The highest BCUT2D eigenvalue weighted by molar-refractivity contribution is 5.95. The van der Waals surface area contributed by atoms with E-state index in [1.807, 2.05) is 17.0 Å². The molecular weight excluding hydrogens is 236 g/mol. The van der Waals surface area contributed by atoms with Crippen molar-refractivity contribution in [1.82, 2.24) is 5.32 Å². The van der Waals surface area contributed by atoms with Gasteiger partial charge in [-0.2, -0.15) is 0 Å². The van der Waals surface area contributed by atoms with Crippen molar-refractivity contribution in [2.75, 3.05) is 18.0 Å². The van der Waals surface area contributed by atoms with Crippen molar-refractivity contribution in [3.63, 3.8) is 0 Å².